The van der Waals surface area contributed by atoms with Gasteiger partial charge in [0, 0.05) is 23.7 Å². The number of alkyl halides is 2. The Labute approximate surface area is 137 Å². The van der Waals surface area contributed by atoms with E-state index in [0.29, 0.717) is 12.2 Å². The molecule has 0 fully saturated rings. The van der Waals surface area contributed by atoms with Crippen LogP contribution in [-0.2, 0) is 11.3 Å². The van der Waals surface area contributed by atoms with E-state index in [-0.39, 0.29) is 34.3 Å². The lowest BCUT2D eigenvalue weighted by Gasteiger charge is -2.14. The molecule has 22 heavy (non-hydrogen) atoms. The van der Waals surface area contributed by atoms with Gasteiger partial charge in [-0.25, -0.2) is 4.99 Å². The number of benzene rings is 1. The Morgan fingerprint density at radius 1 is 1.41 bits per heavy atom. The van der Waals surface area contributed by atoms with Gasteiger partial charge >= 0.3 is 6.61 Å². The van der Waals surface area contributed by atoms with Crippen molar-refractivity contribution in [1.82, 2.24) is 5.32 Å². The summed E-state index contributed by atoms with van der Waals surface area (Å²) in [5.74, 6) is -0.0220. The summed E-state index contributed by atoms with van der Waals surface area (Å²) >= 11 is 11.7. The monoisotopic (exact) mass is 355 g/mol. The van der Waals surface area contributed by atoms with Gasteiger partial charge in [-0.1, -0.05) is 23.2 Å². The maximum atomic E-state index is 12.4. The van der Waals surface area contributed by atoms with Crippen LogP contribution in [0.1, 0.15) is 12.5 Å². The summed E-state index contributed by atoms with van der Waals surface area (Å²) in [7, 11) is 1.56. The van der Waals surface area contributed by atoms with E-state index in [1.807, 2.05) is 6.92 Å². The highest BCUT2D eigenvalue weighted by Gasteiger charge is 2.15. The second kappa shape index (κ2) is 8.97. The molecular weight excluding hydrogens is 339 g/mol. The van der Waals surface area contributed by atoms with Crippen LogP contribution in [0.5, 0.6) is 5.75 Å². The number of nitrogens with two attached hydrogens (primary N) is 1. The SMILES string of the molecule is COCC(C)NC(N)=NCc1cc(Cl)cc(Cl)c1OC(F)F. The van der Waals surface area contributed by atoms with Gasteiger partial charge in [0.05, 0.1) is 18.2 Å². The molecule has 9 heteroatoms. The molecule has 0 saturated heterocycles. The highest BCUT2D eigenvalue weighted by molar-refractivity contribution is 6.35. The predicted octanol–water partition coefficient (Wildman–Crippen LogP) is 3.03. The van der Waals surface area contributed by atoms with Gasteiger partial charge in [-0.05, 0) is 19.1 Å². The molecule has 0 bridgehead atoms. The van der Waals surface area contributed by atoms with Crippen molar-refractivity contribution in [2.24, 2.45) is 10.7 Å². The molecule has 1 aromatic carbocycles. The molecule has 1 unspecified atom stereocenters. The lowest BCUT2D eigenvalue weighted by Crippen LogP contribution is -2.40. The van der Waals surface area contributed by atoms with Crippen LogP contribution in [0.25, 0.3) is 0 Å². The van der Waals surface area contributed by atoms with Crippen molar-refractivity contribution in [2.45, 2.75) is 26.1 Å². The van der Waals surface area contributed by atoms with Gasteiger partial charge in [0.2, 0.25) is 0 Å². The second-order valence-electron chi connectivity index (χ2n) is 4.46. The third-order valence-corrected chi connectivity index (χ3v) is 3.02. The number of halogens is 4. The molecule has 0 saturated carbocycles. The van der Waals surface area contributed by atoms with Crippen LogP contribution in [0.15, 0.2) is 17.1 Å². The summed E-state index contributed by atoms with van der Waals surface area (Å²) in [6.45, 7) is -0.716. The van der Waals surface area contributed by atoms with Crippen LogP contribution in [0.3, 0.4) is 0 Å². The van der Waals surface area contributed by atoms with Gasteiger partial charge < -0.3 is 20.5 Å². The smallest absolute Gasteiger partial charge is 0.387 e. The highest BCUT2D eigenvalue weighted by Crippen LogP contribution is 2.34. The molecule has 0 aliphatic heterocycles. The normalized spacial score (nSPS) is 13.3. The summed E-state index contributed by atoms with van der Waals surface area (Å²) in [5, 5.41) is 3.16. The molecule has 0 aliphatic rings. The zero-order valence-corrected chi connectivity index (χ0v) is 13.6. The average molecular weight is 356 g/mol. The Kier molecular flexibility index (Phi) is 7.64. The Morgan fingerprint density at radius 2 is 2.09 bits per heavy atom. The van der Waals surface area contributed by atoms with Crippen molar-refractivity contribution < 1.29 is 18.3 Å². The first-order chi connectivity index (χ1) is 10.3. The van der Waals surface area contributed by atoms with Gasteiger partial charge in [-0.15, -0.1) is 0 Å². The minimum Gasteiger partial charge on any atom is -0.433 e. The summed E-state index contributed by atoms with van der Waals surface area (Å²) in [4.78, 5) is 4.05. The molecule has 0 radical (unpaired) electrons. The van der Waals surface area contributed by atoms with Crippen molar-refractivity contribution in [3.05, 3.63) is 27.7 Å². The number of guanidine groups is 1. The number of rotatable bonds is 7. The van der Waals surface area contributed by atoms with Crippen LogP contribution in [0, 0.1) is 0 Å². The Hall–Kier alpha value is -1.31. The van der Waals surface area contributed by atoms with E-state index in [1.165, 1.54) is 12.1 Å². The van der Waals surface area contributed by atoms with Crippen LogP contribution in [0.4, 0.5) is 8.78 Å². The summed E-state index contributed by atoms with van der Waals surface area (Å²) in [5.41, 5.74) is 6.02. The van der Waals surface area contributed by atoms with E-state index < -0.39 is 6.61 Å². The zero-order valence-electron chi connectivity index (χ0n) is 12.1. The standard InChI is InChI=1S/C13H17Cl2F2N3O2/c1-7(6-21-2)20-13(18)19-5-8-3-9(14)4-10(15)11(8)22-12(16)17/h3-4,7,12H,5-6H2,1-2H3,(H3,18,19,20). The molecule has 0 spiro atoms. The van der Waals surface area contributed by atoms with E-state index >= 15 is 0 Å². The fraction of sp³-hybridized carbons (Fsp3) is 0.462. The zero-order chi connectivity index (χ0) is 16.7. The molecule has 3 N–H and O–H groups in total. The number of methoxy groups -OCH3 is 1. The van der Waals surface area contributed by atoms with Crippen LogP contribution >= 0.6 is 23.2 Å². The van der Waals surface area contributed by atoms with Crippen molar-refractivity contribution >= 4 is 29.2 Å². The van der Waals surface area contributed by atoms with Gasteiger partial charge in [-0.3, -0.25) is 0 Å². The van der Waals surface area contributed by atoms with Crippen molar-refractivity contribution in [3.8, 4) is 5.75 Å². The van der Waals surface area contributed by atoms with Crippen molar-refractivity contribution in [2.75, 3.05) is 13.7 Å². The highest BCUT2D eigenvalue weighted by atomic mass is 35.5. The molecule has 1 aromatic rings. The Balaban J connectivity index is 2.87. The quantitative estimate of drug-likeness (QED) is 0.582. The van der Waals surface area contributed by atoms with Gasteiger partial charge in [-0.2, -0.15) is 8.78 Å². The fourth-order valence-electron chi connectivity index (χ4n) is 1.71. The molecule has 124 valence electrons. The topological polar surface area (TPSA) is 68.9 Å². The van der Waals surface area contributed by atoms with E-state index in [1.54, 1.807) is 7.11 Å². The lowest BCUT2D eigenvalue weighted by atomic mass is 10.2. The molecule has 0 aromatic heterocycles. The molecule has 0 aliphatic carbocycles. The molecule has 0 heterocycles. The first-order valence-corrected chi connectivity index (χ1v) is 7.07. The number of ether oxygens (including phenoxy) is 2. The molecule has 5 nitrogen and oxygen atoms in total. The number of nitrogens with zero attached hydrogens (tertiary/aromatic N) is 1. The molecule has 1 atom stereocenters. The fourth-order valence-corrected chi connectivity index (χ4v) is 2.29. The number of nitrogens with one attached hydrogen (secondary N) is 1. The van der Waals surface area contributed by atoms with Gasteiger partial charge in [0.25, 0.3) is 0 Å². The number of hydrogen-bond acceptors (Lipinski definition) is 3. The maximum Gasteiger partial charge on any atom is 0.387 e. The molecular formula is C13H17Cl2F2N3O2. The van der Waals surface area contributed by atoms with E-state index in [2.05, 4.69) is 15.0 Å². The lowest BCUT2D eigenvalue weighted by molar-refractivity contribution is -0.0503. The minimum atomic E-state index is -3.00. The van der Waals surface area contributed by atoms with Crippen molar-refractivity contribution in [1.29, 1.82) is 0 Å². The van der Waals surface area contributed by atoms with E-state index in [4.69, 9.17) is 33.7 Å². The van der Waals surface area contributed by atoms with Gasteiger partial charge in [0.1, 0.15) is 5.75 Å². The molecule has 1 rings (SSSR count). The predicted molar refractivity (Wildman–Crippen MR) is 82.9 cm³/mol. The van der Waals surface area contributed by atoms with Crippen molar-refractivity contribution in [3.63, 3.8) is 0 Å². The van der Waals surface area contributed by atoms with Gasteiger partial charge in [0.15, 0.2) is 5.96 Å². The van der Waals surface area contributed by atoms with Crippen LogP contribution in [0.2, 0.25) is 10.0 Å². The summed E-state index contributed by atoms with van der Waals surface area (Å²) in [6, 6.07) is 2.71. The van der Waals surface area contributed by atoms with E-state index in [0.717, 1.165) is 0 Å². The van der Waals surface area contributed by atoms with Crippen LogP contribution in [-0.4, -0.2) is 32.3 Å². The first kappa shape index (κ1) is 18.7. The second-order valence-corrected chi connectivity index (χ2v) is 5.30. The molecule has 0 amide bonds. The Morgan fingerprint density at radius 3 is 2.68 bits per heavy atom. The summed E-state index contributed by atoms with van der Waals surface area (Å²) in [6.07, 6.45) is 0. The first-order valence-electron chi connectivity index (χ1n) is 6.31. The number of hydrogen-bond donors (Lipinski definition) is 2. The van der Waals surface area contributed by atoms with Crippen LogP contribution < -0.4 is 15.8 Å². The maximum absolute atomic E-state index is 12.4. The summed E-state index contributed by atoms with van der Waals surface area (Å²) < 4.78 is 34.2. The van der Waals surface area contributed by atoms with E-state index in [9.17, 15) is 8.78 Å². The third-order valence-electron chi connectivity index (χ3n) is 2.52. The third kappa shape index (κ3) is 6.21. The largest absolute Gasteiger partial charge is 0.433 e. The minimum absolute atomic E-state index is 0.0130. The average Bonchev–Trinajstić information content (AvgIpc) is 2.39. The Bertz CT molecular complexity index is 530. The number of aliphatic imine (C=N–C) groups is 1.